The lowest BCUT2D eigenvalue weighted by atomic mass is 10.1. The van der Waals surface area contributed by atoms with Crippen molar-refractivity contribution in [1.29, 1.82) is 0 Å². The highest BCUT2D eigenvalue weighted by atomic mass is 16.2. The van der Waals surface area contributed by atoms with Crippen LogP contribution >= 0.6 is 0 Å². The van der Waals surface area contributed by atoms with Crippen LogP contribution in [0, 0.1) is 6.92 Å². The topological polar surface area (TPSA) is 35.6 Å². The molecule has 1 aliphatic heterocycles. The standard InChI is InChI=1S/C17H27N3O/c1-12(2)19(5)9-10-20-16(18-14(4)17(20)21)15-8-6-7-13(3)11-15/h6-8,11-12,14,16,18H,9-10H2,1-5H3. The number of carbonyl (C=O) groups excluding carboxylic acids is 1. The zero-order valence-electron chi connectivity index (χ0n) is 13.8. The summed E-state index contributed by atoms with van der Waals surface area (Å²) in [5.74, 6) is 0.193. The zero-order valence-corrected chi connectivity index (χ0v) is 13.8. The Morgan fingerprint density at radius 3 is 2.71 bits per heavy atom. The minimum absolute atomic E-state index is 0.00652. The maximum Gasteiger partial charge on any atom is 0.241 e. The molecule has 0 aliphatic carbocycles. The van der Waals surface area contributed by atoms with Crippen LogP contribution in [0.5, 0.6) is 0 Å². The average Bonchev–Trinajstić information content (AvgIpc) is 2.72. The van der Waals surface area contributed by atoms with Crippen LogP contribution in [0.25, 0.3) is 0 Å². The number of hydrogen-bond acceptors (Lipinski definition) is 3. The summed E-state index contributed by atoms with van der Waals surface area (Å²) >= 11 is 0. The zero-order chi connectivity index (χ0) is 15.6. The van der Waals surface area contributed by atoms with Crippen molar-refractivity contribution in [3.63, 3.8) is 0 Å². The molecule has 1 N–H and O–H groups in total. The first kappa shape index (κ1) is 16.0. The molecule has 1 saturated heterocycles. The fourth-order valence-corrected chi connectivity index (χ4v) is 2.65. The molecule has 0 spiro atoms. The van der Waals surface area contributed by atoms with Gasteiger partial charge in [0.15, 0.2) is 0 Å². The molecule has 2 rings (SSSR count). The fourth-order valence-electron chi connectivity index (χ4n) is 2.65. The maximum absolute atomic E-state index is 12.4. The number of nitrogens with zero attached hydrogens (tertiary/aromatic N) is 2. The molecule has 1 aromatic carbocycles. The molecule has 1 fully saturated rings. The molecular formula is C17H27N3O. The van der Waals surface area contributed by atoms with Crippen LogP contribution in [0.1, 0.15) is 38.1 Å². The molecule has 1 aromatic rings. The van der Waals surface area contributed by atoms with E-state index in [1.54, 1.807) is 0 Å². The number of carbonyl (C=O) groups is 1. The van der Waals surface area contributed by atoms with Gasteiger partial charge >= 0.3 is 0 Å². The van der Waals surface area contributed by atoms with Crippen LogP contribution in [0.4, 0.5) is 0 Å². The Kier molecular flexibility index (Phi) is 5.01. The fraction of sp³-hybridized carbons (Fsp3) is 0.588. The molecule has 21 heavy (non-hydrogen) atoms. The summed E-state index contributed by atoms with van der Waals surface area (Å²) in [7, 11) is 2.10. The van der Waals surface area contributed by atoms with E-state index in [-0.39, 0.29) is 18.1 Å². The Morgan fingerprint density at radius 2 is 2.10 bits per heavy atom. The molecule has 1 aliphatic rings. The predicted octanol–water partition coefficient (Wildman–Crippen LogP) is 2.15. The summed E-state index contributed by atoms with van der Waals surface area (Å²) in [5, 5.41) is 3.41. The van der Waals surface area contributed by atoms with Gasteiger partial charge in [0.25, 0.3) is 0 Å². The van der Waals surface area contributed by atoms with Gasteiger partial charge in [0.1, 0.15) is 6.17 Å². The molecule has 4 nitrogen and oxygen atoms in total. The van der Waals surface area contributed by atoms with Crippen LogP contribution in [0.15, 0.2) is 24.3 Å². The van der Waals surface area contributed by atoms with Crippen molar-refractivity contribution in [3.8, 4) is 0 Å². The van der Waals surface area contributed by atoms with E-state index in [1.165, 1.54) is 11.1 Å². The number of aryl methyl sites for hydroxylation is 1. The van der Waals surface area contributed by atoms with Gasteiger partial charge in [-0.1, -0.05) is 29.8 Å². The SMILES string of the molecule is Cc1cccc(C2NC(C)C(=O)N2CCN(C)C(C)C)c1. The first-order valence-electron chi connectivity index (χ1n) is 7.73. The van der Waals surface area contributed by atoms with Gasteiger partial charge in [0, 0.05) is 19.1 Å². The summed E-state index contributed by atoms with van der Waals surface area (Å²) in [5.41, 5.74) is 2.39. The third-order valence-corrected chi connectivity index (χ3v) is 4.31. The lowest BCUT2D eigenvalue weighted by Gasteiger charge is -2.28. The Bertz CT molecular complexity index is 501. The monoisotopic (exact) mass is 289 g/mol. The quantitative estimate of drug-likeness (QED) is 0.902. The van der Waals surface area contributed by atoms with Crippen molar-refractivity contribution in [2.45, 2.75) is 45.9 Å². The molecule has 0 saturated carbocycles. The van der Waals surface area contributed by atoms with E-state index in [0.717, 1.165) is 13.1 Å². The minimum Gasteiger partial charge on any atom is -0.320 e. The highest BCUT2D eigenvalue weighted by Gasteiger charge is 2.36. The molecule has 0 bridgehead atoms. The number of likely N-dealkylation sites (N-methyl/N-ethyl adjacent to an activating group) is 1. The van der Waals surface area contributed by atoms with Gasteiger partial charge in [-0.05, 0) is 40.3 Å². The Morgan fingerprint density at radius 1 is 1.38 bits per heavy atom. The Hall–Kier alpha value is -1.39. The summed E-state index contributed by atoms with van der Waals surface area (Å²) in [6.45, 7) is 10.0. The Balaban J connectivity index is 2.13. The van der Waals surface area contributed by atoms with Crippen molar-refractivity contribution in [2.75, 3.05) is 20.1 Å². The number of nitrogens with one attached hydrogen (secondary N) is 1. The van der Waals surface area contributed by atoms with Crippen molar-refractivity contribution < 1.29 is 4.79 Å². The second kappa shape index (κ2) is 6.58. The van der Waals surface area contributed by atoms with Gasteiger partial charge in [0.2, 0.25) is 5.91 Å². The molecule has 2 unspecified atom stereocenters. The van der Waals surface area contributed by atoms with E-state index >= 15 is 0 Å². The molecule has 1 amide bonds. The van der Waals surface area contributed by atoms with Crippen LogP contribution in [0.3, 0.4) is 0 Å². The van der Waals surface area contributed by atoms with Crippen LogP contribution < -0.4 is 5.32 Å². The van der Waals surface area contributed by atoms with E-state index in [2.05, 4.69) is 62.3 Å². The third kappa shape index (κ3) is 3.63. The first-order valence-corrected chi connectivity index (χ1v) is 7.73. The van der Waals surface area contributed by atoms with Gasteiger partial charge in [0.05, 0.1) is 6.04 Å². The average molecular weight is 289 g/mol. The lowest BCUT2D eigenvalue weighted by molar-refractivity contribution is -0.130. The molecule has 1 heterocycles. The van der Waals surface area contributed by atoms with Crippen molar-refractivity contribution in [1.82, 2.24) is 15.1 Å². The molecule has 0 radical (unpaired) electrons. The second-order valence-corrected chi connectivity index (χ2v) is 6.31. The van der Waals surface area contributed by atoms with Crippen LogP contribution in [0.2, 0.25) is 0 Å². The molecule has 4 heteroatoms. The van der Waals surface area contributed by atoms with Crippen LogP contribution in [-0.2, 0) is 4.79 Å². The van der Waals surface area contributed by atoms with Gasteiger partial charge in [-0.15, -0.1) is 0 Å². The largest absolute Gasteiger partial charge is 0.320 e. The van der Waals surface area contributed by atoms with Gasteiger partial charge in [-0.3, -0.25) is 10.1 Å². The molecule has 116 valence electrons. The van der Waals surface area contributed by atoms with Crippen molar-refractivity contribution in [2.24, 2.45) is 0 Å². The van der Waals surface area contributed by atoms with Gasteiger partial charge < -0.3 is 9.80 Å². The second-order valence-electron chi connectivity index (χ2n) is 6.31. The molecular weight excluding hydrogens is 262 g/mol. The number of rotatable bonds is 5. The summed E-state index contributed by atoms with van der Waals surface area (Å²) in [6, 6.07) is 8.77. The maximum atomic E-state index is 12.4. The minimum atomic E-state index is -0.111. The summed E-state index contributed by atoms with van der Waals surface area (Å²) in [6.07, 6.45) is -0.00652. The smallest absolute Gasteiger partial charge is 0.241 e. The summed E-state index contributed by atoms with van der Waals surface area (Å²) in [4.78, 5) is 16.6. The number of hydrogen-bond donors (Lipinski definition) is 1. The highest BCUT2D eigenvalue weighted by Crippen LogP contribution is 2.25. The number of benzene rings is 1. The Labute approximate surface area is 128 Å². The van der Waals surface area contributed by atoms with Crippen molar-refractivity contribution in [3.05, 3.63) is 35.4 Å². The molecule has 2 atom stereocenters. The van der Waals surface area contributed by atoms with E-state index in [0.29, 0.717) is 6.04 Å². The van der Waals surface area contributed by atoms with Crippen molar-refractivity contribution >= 4 is 5.91 Å². The van der Waals surface area contributed by atoms with E-state index in [4.69, 9.17) is 0 Å². The van der Waals surface area contributed by atoms with Crippen LogP contribution in [-0.4, -0.2) is 47.9 Å². The highest BCUT2D eigenvalue weighted by molar-refractivity contribution is 5.84. The van der Waals surface area contributed by atoms with Gasteiger partial charge in [-0.2, -0.15) is 0 Å². The first-order chi connectivity index (χ1) is 9.90. The number of amides is 1. The van der Waals surface area contributed by atoms with E-state index in [9.17, 15) is 4.79 Å². The summed E-state index contributed by atoms with van der Waals surface area (Å²) < 4.78 is 0. The lowest BCUT2D eigenvalue weighted by Crippen LogP contribution is -2.39. The van der Waals surface area contributed by atoms with Gasteiger partial charge in [-0.25, -0.2) is 0 Å². The third-order valence-electron chi connectivity index (χ3n) is 4.31. The van der Waals surface area contributed by atoms with E-state index < -0.39 is 0 Å². The normalized spacial score (nSPS) is 22.6. The van der Waals surface area contributed by atoms with E-state index in [1.807, 2.05) is 11.8 Å². The molecule has 0 aromatic heterocycles. The predicted molar refractivity (Wildman–Crippen MR) is 86.0 cm³/mol.